The zero-order valence-electron chi connectivity index (χ0n) is 22.6. The largest absolute Gasteiger partial charge is 0.392 e. The fourth-order valence-corrected chi connectivity index (χ4v) is 5.48. The molecule has 0 spiro atoms. The van der Waals surface area contributed by atoms with Crippen molar-refractivity contribution in [1.82, 2.24) is 10.2 Å². The van der Waals surface area contributed by atoms with Gasteiger partial charge in [0, 0.05) is 30.6 Å². The standard InChI is InChI=1S/C33H40N2O4/c36-24-26-13-15-27(16-14-26)31-21-30(23-35-19-7-2-1-3-8-20-35)38-33(39-31)29-17-11-25(12-18-29)22-34-32(37)28-9-5-4-6-10-28/h4-6,9-18,30-31,33,36H,1-3,7-8,19-24H2,(H,34,37)/t30-,31+,33+/m0/s1. The average molecular weight is 529 g/mol. The summed E-state index contributed by atoms with van der Waals surface area (Å²) in [6.07, 6.45) is 6.79. The monoisotopic (exact) mass is 528 g/mol. The smallest absolute Gasteiger partial charge is 0.251 e. The molecule has 0 unspecified atom stereocenters. The first kappa shape index (κ1) is 27.5. The first-order chi connectivity index (χ1) is 19.2. The molecule has 0 bridgehead atoms. The number of benzene rings is 3. The lowest BCUT2D eigenvalue weighted by atomic mass is 9.99. The van der Waals surface area contributed by atoms with Gasteiger partial charge >= 0.3 is 0 Å². The summed E-state index contributed by atoms with van der Waals surface area (Å²) in [6.45, 7) is 3.66. The lowest BCUT2D eigenvalue weighted by Gasteiger charge is -2.38. The van der Waals surface area contributed by atoms with Gasteiger partial charge in [0.1, 0.15) is 0 Å². The minimum Gasteiger partial charge on any atom is -0.392 e. The Hall–Kier alpha value is -3.03. The second kappa shape index (κ2) is 13.9. The Morgan fingerprint density at radius 3 is 2.13 bits per heavy atom. The molecule has 2 aliphatic rings. The van der Waals surface area contributed by atoms with Gasteiger partial charge in [0.25, 0.3) is 5.91 Å². The van der Waals surface area contributed by atoms with Gasteiger partial charge in [0.05, 0.1) is 18.8 Å². The Morgan fingerprint density at radius 1 is 0.795 bits per heavy atom. The number of aliphatic hydroxyl groups is 1. The molecule has 3 aromatic carbocycles. The van der Waals surface area contributed by atoms with Crippen LogP contribution in [0.5, 0.6) is 0 Å². The molecule has 1 amide bonds. The van der Waals surface area contributed by atoms with E-state index in [0.717, 1.165) is 48.3 Å². The molecule has 0 radical (unpaired) electrons. The number of aliphatic hydroxyl groups excluding tert-OH is 1. The SMILES string of the molecule is O=C(NCc1ccc([C@@H]2O[C@H](CN3CCCCCCC3)C[C@H](c3ccc(CO)cc3)O2)cc1)c1ccccc1. The third-order valence-corrected chi connectivity index (χ3v) is 7.77. The molecule has 0 saturated carbocycles. The highest BCUT2D eigenvalue weighted by Crippen LogP contribution is 2.38. The van der Waals surface area contributed by atoms with Gasteiger partial charge in [-0.1, -0.05) is 86.0 Å². The third kappa shape index (κ3) is 7.76. The van der Waals surface area contributed by atoms with Crippen molar-refractivity contribution in [1.29, 1.82) is 0 Å². The zero-order chi connectivity index (χ0) is 26.9. The molecule has 0 aliphatic carbocycles. The third-order valence-electron chi connectivity index (χ3n) is 7.77. The number of carbonyl (C=O) groups excluding carboxylic acids is 1. The van der Waals surface area contributed by atoms with Crippen LogP contribution in [0.15, 0.2) is 78.9 Å². The van der Waals surface area contributed by atoms with Gasteiger partial charge in [-0.25, -0.2) is 0 Å². The van der Waals surface area contributed by atoms with Crippen molar-refractivity contribution < 1.29 is 19.4 Å². The molecule has 2 heterocycles. The lowest BCUT2D eigenvalue weighted by Crippen LogP contribution is -2.40. The topological polar surface area (TPSA) is 71.0 Å². The van der Waals surface area contributed by atoms with Gasteiger partial charge in [-0.05, 0) is 54.8 Å². The van der Waals surface area contributed by atoms with E-state index in [0.29, 0.717) is 12.1 Å². The fraction of sp³-hybridized carbons (Fsp3) is 0.424. The highest BCUT2D eigenvalue weighted by molar-refractivity contribution is 5.94. The van der Waals surface area contributed by atoms with Crippen LogP contribution in [-0.2, 0) is 22.6 Å². The van der Waals surface area contributed by atoms with E-state index in [1.807, 2.05) is 66.7 Å². The number of likely N-dealkylation sites (tertiary alicyclic amines) is 1. The summed E-state index contributed by atoms with van der Waals surface area (Å²) in [4.78, 5) is 15.0. The number of carbonyl (C=O) groups is 1. The summed E-state index contributed by atoms with van der Waals surface area (Å²) in [5.74, 6) is -0.0826. The first-order valence-corrected chi connectivity index (χ1v) is 14.3. The Morgan fingerprint density at radius 2 is 1.44 bits per heavy atom. The van der Waals surface area contributed by atoms with Crippen LogP contribution in [-0.4, -0.2) is 41.7 Å². The van der Waals surface area contributed by atoms with E-state index in [9.17, 15) is 9.90 Å². The molecule has 3 atom stereocenters. The molecule has 39 heavy (non-hydrogen) atoms. The van der Waals surface area contributed by atoms with Crippen LogP contribution in [0.1, 0.15) is 83.5 Å². The van der Waals surface area contributed by atoms with E-state index in [1.54, 1.807) is 0 Å². The molecule has 0 aromatic heterocycles. The maximum Gasteiger partial charge on any atom is 0.251 e. The molecule has 6 nitrogen and oxygen atoms in total. The first-order valence-electron chi connectivity index (χ1n) is 14.3. The number of rotatable bonds is 8. The average Bonchev–Trinajstić information content (AvgIpc) is 2.98. The van der Waals surface area contributed by atoms with Crippen LogP contribution < -0.4 is 5.32 Å². The van der Waals surface area contributed by atoms with E-state index in [4.69, 9.17) is 9.47 Å². The van der Waals surface area contributed by atoms with E-state index >= 15 is 0 Å². The van der Waals surface area contributed by atoms with Crippen molar-refractivity contribution in [3.63, 3.8) is 0 Å². The Kier molecular flexibility index (Phi) is 9.78. The van der Waals surface area contributed by atoms with E-state index < -0.39 is 6.29 Å². The second-order valence-corrected chi connectivity index (χ2v) is 10.7. The predicted octanol–water partition coefficient (Wildman–Crippen LogP) is 5.92. The van der Waals surface area contributed by atoms with Gasteiger partial charge in [-0.3, -0.25) is 4.79 Å². The quantitative estimate of drug-likeness (QED) is 0.380. The van der Waals surface area contributed by atoms with Crippen molar-refractivity contribution in [2.24, 2.45) is 0 Å². The van der Waals surface area contributed by atoms with Crippen LogP contribution in [0, 0.1) is 0 Å². The van der Waals surface area contributed by atoms with Gasteiger partial charge in [0.15, 0.2) is 6.29 Å². The lowest BCUT2D eigenvalue weighted by molar-refractivity contribution is -0.253. The molecule has 206 valence electrons. The molecular formula is C33H40N2O4. The predicted molar refractivity (Wildman–Crippen MR) is 152 cm³/mol. The minimum absolute atomic E-state index is 0.0350. The summed E-state index contributed by atoms with van der Waals surface area (Å²) in [7, 11) is 0. The van der Waals surface area contributed by atoms with Crippen molar-refractivity contribution in [3.8, 4) is 0 Å². The molecule has 3 aromatic rings. The van der Waals surface area contributed by atoms with E-state index in [2.05, 4.69) is 22.3 Å². The zero-order valence-corrected chi connectivity index (χ0v) is 22.6. The van der Waals surface area contributed by atoms with Crippen LogP contribution in [0.3, 0.4) is 0 Å². The highest BCUT2D eigenvalue weighted by Gasteiger charge is 2.33. The Labute approximate surface area is 232 Å². The molecule has 5 rings (SSSR count). The van der Waals surface area contributed by atoms with E-state index in [1.165, 1.54) is 32.1 Å². The number of nitrogens with zero attached hydrogens (tertiary/aromatic N) is 1. The minimum atomic E-state index is -0.464. The molecule has 2 N–H and O–H groups in total. The molecule has 6 heteroatoms. The maximum atomic E-state index is 12.4. The van der Waals surface area contributed by atoms with Crippen LogP contribution in [0.25, 0.3) is 0 Å². The summed E-state index contributed by atoms with van der Waals surface area (Å²) < 4.78 is 13.1. The van der Waals surface area contributed by atoms with Crippen molar-refractivity contribution in [3.05, 3.63) is 107 Å². The molecule has 2 fully saturated rings. The number of amides is 1. The second-order valence-electron chi connectivity index (χ2n) is 10.7. The Balaban J connectivity index is 1.27. The van der Waals surface area contributed by atoms with Gasteiger partial charge in [-0.2, -0.15) is 0 Å². The summed E-state index contributed by atoms with van der Waals surface area (Å²) in [6, 6.07) is 25.4. The van der Waals surface area contributed by atoms with Crippen LogP contribution in [0.2, 0.25) is 0 Å². The van der Waals surface area contributed by atoms with Crippen molar-refractivity contribution >= 4 is 5.91 Å². The van der Waals surface area contributed by atoms with Gasteiger partial charge < -0.3 is 24.8 Å². The van der Waals surface area contributed by atoms with Gasteiger partial charge in [-0.15, -0.1) is 0 Å². The number of ether oxygens (including phenoxy) is 2. The number of nitrogens with one attached hydrogen (secondary N) is 1. The number of hydrogen-bond donors (Lipinski definition) is 2. The summed E-state index contributed by atoms with van der Waals surface area (Å²) in [5.41, 5.74) is 4.66. The fourth-order valence-electron chi connectivity index (χ4n) is 5.48. The Bertz CT molecular complexity index is 1160. The van der Waals surface area contributed by atoms with Gasteiger partial charge in [0.2, 0.25) is 0 Å². The van der Waals surface area contributed by atoms with Crippen LogP contribution in [0.4, 0.5) is 0 Å². The number of hydrogen-bond acceptors (Lipinski definition) is 5. The molecular weight excluding hydrogens is 488 g/mol. The highest BCUT2D eigenvalue weighted by atomic mass is 16.7. The normalized spacial score (nSPS) is 22.5. The van der Waals surface area contributed by atoms with E-state index in [-0.39, 0.29) is 24.7 Å². The maximum absolute atomic E-state index is 12.4. The summed E-state index contributed by atoms with van der Waals surface area (Å²) >= 11 is 0. The molecule has 2 aliphatic heterocycles. The molecule has 2 saturated heterocycles. The van der Waals surface area contributed by atoms with Crippen molar-refractivity contribution in [2.75, 3.05) is 19.6 Å². The van der Waals surface area contributed by atoms with Crippen LogP contribution >= 0.6 is 0 Å². The summed E-state index contributed by atoms with van der Waals surface area (Å²) in [5, 5.41) is 12.5. The van der Waals surface area contributed by atoms with Crippen molar-refractivity contribution in [2.45, 2.75) is 70.2 Å².